The van der Waals surface area contributed by atoms with Crippen molar-refractivity contribution in [1.29, 1.82) is 5.26 Å². The van der Waals surface area contributed by atoms with Crippen LogP contribution in [0, 0.1) is 11.3 Å². The maximum absolute atomic E-state index is 11.2. The van der Waals surface area contributed by atoms with Crippen LogP contribution in [0.1, 0.15) is 37.3 Å². The number of carbonyl (C=O) groups excluding carboxylic acids is 1. The maximum atomic E-state index is 11.2. The first kappa shape index (κ1) is 12.8. The Morgan fingerprint density at radius 3 is 3.00 bits per heavy atom. The Balaban J connectivity index is 2.08. The van der Waals surface area contributed by atoms with Crippen LogP contribution in [0.2, 0.25) is 0 Å². The van der Waals surface area contributed by atoms with E-state index in [-0.39, 0.29) is 5.78 Å². The van der Waals surface area contributed by atoms with E-state index in [2.05, 4.69) is 11.0 Å². The molecule has 0 radical (unpaired) electrons. The molecule has 0 spiro atoms. The van der Waals surface area contributed by atoms with Crippen molar-refractivity contribution < 1.29 is 4.79 Å². The lowest BCUT2D eigenvalue weighted by atomic mass is 10.1. The van der Waals surface area contributed by atoms with Gasteiger partial charge in [0.2, 0.25) is 0 Å². The number of carbonyl (C=O) groups is 1. The van der Waals surface area contributed by atoms with Crippen LogP contribution >= 0.6 is 0 Å². The summed E-state index contributed by atoms with van der Waals surface area (Å²) in [6, 6.07) is 10.3. The number of Topliss-reactive ketones (excluding diaryl/α,β-unsaturated/α-hetero) is 1. The third kappa shape index (κ3) is 2.96. The van der Waals surface area contributed by atoms with Crippen LogP contribution in [0.15, 0.2) is 24.3 Å². The molecule has 1 fully saturated rings. The molecule has 18 heavy (non-hydrogen) atoms. The molecule has 0 N–H and O–H groups in total. The molecular weight excluding hydrogens is 224 g/mol. The third-order valence-corrected chi connectivity index (χ3v) is 3.53. The van der Waals surface area contributed by atoms with Crippen molar-refractivity contribution >= 4 is 5.78 Å². The molecule has 2 rings (SSSR count). The molecule has 1 saturated heterocycles. The Labute approximate surface area is 108 Å². The molecule has 1 atom stereocenters. The van der Waals surface area contributed by atoms with Gasteiger partial charge in [-0.3, -0.25) is 9.69 Å². The van der Waals surface area contributed by atoms with E-state index in [1.807, 2.05) is 24.3 Å². The highest BCUT2D eigenvalue weighted by Crippen LogP contribution is 2.23. The standard InChI is InChI=1S/C15H18N2O/c1-12(18)9-15-7-4-8-17(15)11-14-6-3-2-5-13(14)10-16/h2-3,5-6,15H,4,7-9,11H2,1H3. The zero-order chi connectivity index (χ0) is 13.0. The Morgan fingerprint density at radius 2 is 2.28 bits per heavy atom. The summed E-state index contributed by atoms with van der Waals surface area (Å²) in [4.78, 5) is 13.6. The van der Waals surface area contributed by atoms with Crippen molar-refractivity contribution in [2.45, 2.75) is 38.8 Å². The SMILES string of the molecule is CC(=O)CC1CCCN1Cc1ccccc1C#N. The van der Waals surface area contributed by atoms with E-state index in [4.69, 9.17) is 5.26 Å². The molecule has 1 heterocycles. The van der Waals surface area contributed by atoms with Crippen LogP contribution in [0.5, 0.6) is 0 Å². The van der Waals surface area contributed by atoms with Crippen molar-refractivity contribution in [2.24, 2.45) is 0 Å². The van der Waals surface area contributed by atoms with E-state index in [1.54, 1.807) is 6.92 Å². The Kier molecular flexibility index (Phi) is 4.11. The van der Waals surface area contributed by atoms with E-state index < -0.39 is 0 Å². The normalized spacial score (nSPS) is 19.7. The van der Waals surface area contributed by atoms with Crippen LogP contribution in [0.4, 0.5) is 0 Å². The van der Waals surface area contributed by atoms with E-state index in [0.717, 1.165) is 37.1 Å². The first-order valence-corrected chi connectivity index (χ1v) is 6.42. The summed E-state index contributed by atoms with van der Waals surface area (Å²) in [6.45, 7) is 3.46. The Bertz CT molecular complexity index is 476. The predicted molar refractivity (Wildman–Crippen MR) is 69.9 cm³/mol. The van der Waals surface area contributed by atoms with Crippen LogP contribution in [-0.2, 0) is 11.3 Å². The molecule has 0 bridgehead atoms. The summed E-state index contributed by atoms with van der Waals surface area (Å²) in [5.41, 5.74) is 1.81. The van der Waals surface area contributed by atoms with E-state index in [1.165, 1.54) is 0 Å². The van der Waals surface area contributed by atoms with E-state index >= 15 is 0 Å². The maximum Gasteiger partial charge on any atom is 0.131 e. The first-order chi connectivity index (χ1) is 8.70. The molecule has 0 aliphatic carbocycles. The molecule has 1 aromatic carbocycles. The summed E-state index contributed by atoms with van der Waals surface area (Å²) in [7, 11) is 0. The Morgan fingerprint density at radius 1 is 1.50 bits per heavy atom. The van der Waals surface area contributed by atoms with Crippen molar-refractivity contribution in [1.82, 2.24) is 4.90 Å². The predicted octanol–water partition coefficient (Wildman–Crippen LogP) is 2.50. The van der Waals surface area contributed by atoms with E-state index in [9.17, 15) is 4.79 Å². The lowest BCUT2D eigenvalue weighted by Crippen LogP contribution is -2.30. The number of hydrogen-bond acceptors (Lipinski definition) is 3. The van der Waals surface area contributed by atoms with Gasteiger partial charge in [-0.15, -0.1) is 0 Å². The van der Waals surface area contributed by atoms with Crippen molar-refractivity contribution in [3.05, 3.63) is 35.4 Å². The van der Waals surface area contributed by atoms with Crippen molar-refractivity contribution in [3.63, 3.8) is 0 Å². The van der Waals surface area contributed by atoms with Gasteiger partial charge in [0.25, 0.3) is 0 Å². The smallest absolute Gasteiger partial charge is 0.131 e. The topological polar surface area (TPSA) is 44.1 Å². The average Bonchev–Trinajstić information content (AvgIpc) is 2.76. The molecule has 3 nitrogen and oxygen atoms in total. The highest BCUT2D eigenvalue weighted by atomic mass is 16.1. The van der Waals surface area contributed by atoms with Crippen molar-refractivity contribution in [2.75, 3.05) is 6.54 Å². The second kappa shape index (κ2) is 5.79. The number of nitriles is 1. The van der Waals surface area contributed by atoms with Crippen LogP contribution in [0.25, 0.3) is 0 Å². The summed E-state index contributed by atoms with van der Waals surface area (Å²) >= 11 is 0. The summed E-state index contributed by atoms with van der Waals surface area (Å²) in [5.74, 6) is 0.250. The summed E-state index contributed by atoms with van der Waals surface area (Å²) < 4.78 is 0. The second-order valence-electron chi connectivity index (χ2n) is 4.94. The number of nitrogens with zero attached hydrogens (tertiary/aromatic N) is 2. The lowest BCUT2D eigenvalue weighted by molar-refractivity contribution is -0.118. The van der Waals surface area contributed by atoms with Crippen LogP contribution in [0.3, 0.4) is 0 Å². The van der Waals surface area contributed by atoms with E-state index in [0.29, 0.717) is 12.5 Å². The second-order valence-corrected chi connectivity index (χ2v) is 4.94. The zero-order valence-electron chi connectivity index (χ0n) is 10.7. The average molecular weight is 242 g/mol. The van der Waals surface area contributed by atoms with Gasteiger partial charge in [-0.05, 0) is 37.9 Å². The van der Waals surface area contributed by atoms with Crippen LogP contribution in [-0.4, -0.2) is 23.3 Å². The number of rotatable bonds is 4. The number of hydrogen-bond donors (Lipinski definition) is 0. The Hall–Kier alpha value is -1.66. The van der Waals surface area contributed by atoms with Crippen LogP contribution < -0.4 is 0 Å². The van der Waals surface area contributed by atoms with Crippen molar-refractivity contribution in [3.8, 4) is 6.07 Å². The van der Waals surface area contributed by atoms with Gasteiger partial charge in [0.1, 0.15) is 5.78 Å². The zero-order valence-corrected chi connectivity index (χ0v) is 10.7. The van der Waals surface area contributed by atoms with Gasteiger partial charge in [0.15, 0.2) is 0 Å². The molecular formula is C15H18N2O. The minimum Gasteiger partial charge on any atom is -0.300 e. The number of ketones is 1. The molecule has 0 amide bonds. The molecule has 1 aliphatic rings. The molecule has 1 unspecified atom stereocenters. The van der Waals surface area contributed by atoms with Gasteiger partial charge in [0, 0.05) is 19.0 Å². The first-order valence-electron chi connectivity index (χ1n) is 6.42. The molecule has 0 aromatic heterocycles. The number of benzene rings is 1. The fourth-order valence-corrected chi connectivity index (χ4v) is 2.65. The fourth-order valence-electron chi connectivity index (χ4n) is 2.65. The van der Waals surface area contributed by atoms with Gasteiger partial charge >= 0.3 is 0 Å². The summed E-state index contributed by atoms with van der Waals surface area (Å²) in [5, 5.41) is 9.08. The highest BCUT2D eigenvalue weighted by Gasteiger charge is 2.25. The molecule has 0 saturated carbocycles. The minimum atomic E-state index is 0.250. The lowest BCUT2D eigenvalue weighted by Gasteiger charge is -2.24. The van der Waals surface area contributed by atoms with Gasteiger partial charge in [-0.2, -0.15) is 5.26 Å². The van der Waals surface area contributed by atoms with Gasteiger partial charge in [-0.25, -0.2) is 0 Å². The summed E-state index contributed by atoms with van der Waals surface area (Å²) in [6.07, 6.45) is 2.87. The molecule has 94 valence electrons. The molecule has 1 aliphatic heterocycles. The minimum absolute atomic E-state index is 0.250. The monoisotopic (exact) mass is 242 g/mol. The van der Waals surface area contributed by atoms with Gasteiger partial charge in [-0.1, -0.05) is 18.2 Å². The number of likely N-dealkylation sites (tertiary alicyclic amines) is 1. The quantitative estimate of drug-likeness (QED) is 0.814. The molecule has 1 aromatic rings. The third-order valence-electron chi connectivity index (χ3n) is 3.53. The molecule has 3 heteroatoms. The fraction of sp³-hybridized carbons (Fsp3) is 0.467. The highest BCUT2D eigenvalue weighted by molar-refractivity contribution is 5.76. The largest absolute Gasteiger partial charge is 0.300 e. The van der Waals surface area contributed by atoms with Gasteiger partial charge in [0.05, 0.1) is 11.6 Å². The van der Waals surface area contributed by atoms with Gasteiger partial charge < -0.3 is 0 Å².